The number of nitrogens with one attached hydrogen (secondary N) is 1. The molecule has 21 heavy (non-hydrogen) atoms. The molecule has 0 saturated heterocycles. The number of carboxylic acid groups (broad SMARTS) is 1. The highest BCUT2D eigenvalue weighted by atomic mass is 32.1. The molecule has 0 aliphatic heterocycles. The maximum absolute atomic E-state index is 12.3. The monoisotopic (exact) mass is 311 g/mol. The molecule has 0 bridgehead atoms. The molecule has 2 heterocycles. The molecule has 2 aromatic rings. The molecule has 9 heteroatoms. The zero-order valence-electron chi connectivity index (χ0n) is 11.4. The molecule has 0 fully saturated rings. The fourth-order valence-corrected chi connectivity index (χ4v) is 2.78. The van der Waals surface area contributed by atoms with Crippen LogP contribution in [0.15, 0.2) is 11.1 Å². The van der Waals surface area contributed by atoms with Crippen molar-refractivity contribution in [2.24, 2.45) is 0 Å². The van der Waals surface area contributed by atoms with Crippen LogP contribution < -0.4 is 11.0 Å². The number of carbonyl (C=O) groups is 2. The van der Waals surface area contributed by atoms with E-state index >= 15 is 0 Å². The minimum absolute atomic E-state index is 0.0812. The molecular weight excluding hydrogens is 298 g/mol. The van der Waals surface area contributed by atoms with Gasteiger partial charge in [-0.05, 0) is 19.4 Å². The van der Waals surface area contributed by atoms with Gasteiger partial charge in [-0.3, -0.25) is 9.59 Å². The number of aromatic nitrogens is 2. The second-order valence-corrected chi connectivity index (χ2v) is 5.10. The number of hydrogen-bond acceptors (Lipinski definition) is 7. The smallest absolute Gasteiger partial charge is 0.346 e. The molecule has 0 amide bonds. The Bertz CT molecular complexity index is 764. The van der Waals surface area contributed by atoms with Crippen molar-refractivity contribution in [2.75, 3.05) is 18.6 Å². The summed E-state index contributed by atoms with van der Waals surface area (Å²) in [5.74, 6) is -1.60. The number of aryl methyl sites for hydroxylation is 1. The SMILES string of the molecule is CCOC(=O)CNn1cnc2sc(C(=O)O)c(C)c2c1=O. The summed E-state index contributed by atoms with van der Waals surface area (Å²) in [6, 6.07) is 0. The number of ether oxygens (including phenoxy) is 1. The van der Waals surface area contributed by atoms with Crippen LogP contribution in [0.4, 0.5) is 0 Å². The Morgan fingerprint density at radius 2 is 2.24 bits per heavy atom. The Hall–Kier alpha value is -2.42. The lowest BCUT2D eigenvalue weighted by Gasteiger charge is -2.08. The van der Waals surface area contributed by atoms with Crippen molar-refractivity contribution in [3.63, 3.8) is 0 Å². The van der Waals surface area contributed by atoms with E-state index in [-0.39, 0.29) is 23.4 Å². The number of hydrogen-bond donors (Lipinski definition) is 2. The highest BCUT2D eigenvalue weighted by molar-refractivity contribution is 7.20. The van der Waals surface area contributed by atoms with E-state index in [4.69, 9.17) is 9.84 Å². The van der Waals surface area contributed by atoms with E-state index in [0.29, 0.717) is 10.4 Å². The summed E-state index contributed by atoms with van der Waals surface area (Å²) in [5, 5.41) is 9.29. The van der Waals surface area contributed by atoms with E-state index in [2.05, 4.69) is 10.4 Å². The molecule has 0 spiro atoms. The Morgan fingerprint density at radius 1 is 1.52 bits per heavy atom. The van der Waals surface area contributed by atoms with Gasteiger partial charge in [0.15, 0.2) is 0 Å². The summed E-state index contributed by atoms with van der Waals surface area (Å²) in [4.78, 5) is 39.1. The number of fused-ring (bicyclic) bond motifs is 1. The van der Waals surface area contributed by atoms with Crippen LogP contribution >= 0.6 is 11.3 Å². The van der Waals surface area contributed by atoms with Gasteiger partial charge in [0.05, 0.1) is 12.0 Å². The first kappa shape index (κ1) is 15.0. The van der Waals surface area contributed by atoms with Crippen molar-refractivity contribution in [3.8, 4) is 0 Å². The van der Waals surface area contributed by atoms with E-state index in [1.807, 2.05) is 0 Å². The zero-order valence-corrected chi connectivity index (χ0v) is 12.2. The van der Waals surface area contributed by atoms with Crippen LogP contribution in [0.25, 0.3) is 10.2 Å². The minimum atomic E-state index is -1.10. The van der Waals surface area contributed by atoms with Gasteiger partial charge in [0.1, 0.15) is 22.6 Å². The molecule has 0 saturated carbocycles. The maximum Gasteiger partial charge on any atom is 0.346 e. The van der Waals surface area contributed by atoms with Gasteiger partial charge in [-0.25, -0.2) is 14.5 Å². The molecule has 0 aliphatic rings. The van der Waals surface area contributed by atoms with E-state index < -0.39 is 17.5 Å². The Kier molecular flexibility index (Phi) is 4.22. The van der Waals surface area contributed by atoms with Gasteiger partial charge in [-0.1, -0.05) is 0 Å². The molecule has 0 aromatic carbocycles. The van der Waals surface area contributed by atoms with Gasteiger partial charge in [0, 0.05) is 0 Å². The van der Waals surface area contributed by atoms with Crippen molar-refractivity contribution in [3.05, 3.63) is 27.1 Å². The van der Waals surface area contributed by atoms with Gasteiger partial charge in [-0.2, -0.15) is 0 Å². The van der Waals surface area contributed by atoms with Crippen LogP contribution in [-0.2, 0) is 9.53 Å². The quantitative estimate of drug-likeness (QED) is 0.777. The van der Waals surface area contributed by atoms with Crippen LogP contribution in [0.3, 0.4) is 0 Å². The molecule has 0 aliphatic carbocycles. The third kappa shape index (κ3) is 2.87. The number of aromatic carboxylic acids is 1. The second-order valence-electron chi connectivity index (χ2n) is 4.10. The summed E-state index contributed by atoms with van der Waals surface area (Å²) in [6.45, 7) is 3.30. The van der Waals surface area contributed by atoms with Crippen LogP contribution in [0.1, 0.15) is 22.2 Å². The molecule has 2 aromatic heterocycles. The lowest BCUT2D eigenvalue weighted by atomic mass is 10.2. The standard InChI is InChI=1S/C12H13N3O5S/c1-3-20-7(16)4-14-15-5-13-10-8(11(15)17)6(2)9(21-10)12(18)19/h5,14H,3-4H2,1-2H3,(H,18,19). The van der Waals surface area contributed by atoms with Crippen molar-refractivity contribution in [1.82, 2.24) is 9.66 Å². The number of carbonyl (C=O) groups excluding carboxylic acids is 1. The average Bonchev–Trinajstić information content (AvgIpc) is 2.76. The molecule has 0 atom stereocenters. The average molecular weight is 311 g/mol. The number of nitrogens with zero attached hydrogens (tertiary/aromatic N) is 2. The van der Waals surface area contributed by atoms with Gasteiger partial charge in [-0.15, -0.1) is 11.3 Å². The van der Waals surface area contributed by atoms with E-state index in [9.17, 15) is 14.4 Å². The van der Waals surface area contributed by atoms with Crippen molar-refractivity contribution in [2.45, 2.75) is 13.8 Å². The van der Waals surface area contributed by atoms with Crippen molar-refractivity contribution >= 4 is 33.5 Å². The first-order valence-corrected chi connectivity index (χ1v) is 6.90. The fraction of sp³-hybridized carbons (Fsp3) is 0.333. The van der Waals surface area contributed by atoms with E-state index in [1.165, 1.54) is 6.33 Å². The normalized spacial score (nSPS) is 10.6. The third-order valence-corrected chi connectivity index (χ3v) is 3.93. The first-order chi connectivity index (χ1) is 9.95. The van der Waals surface area contributed by atoms with Gasteiger partial charge < -0.3 is 15.3 Å². The highest BCUT2D eigenvalue weighted by Crippen LogP contribution is 2.26. The lowest BCUT2D eigenvalue weighted by molar-refractivity contribution is -0.141. The predicted octanol–water partition coefficient (Wildman–Crippen LogP) is 0.571. The number of thiophene rings is 1. The summed E-state index contributed by atoms with van der Waals surface area (Å²) in [7, 11) is 0. The highest BCUT2D eigenvalue weighted by Gasteiger charge is 2.18. The topological polar surface area (TPSA) is 111 Å². The molecule has 112 valence electrons. The molecular formula is C12H13N3O5S. The van der Waals surface area contributed by atoms with Gasteiger partial charge in [0.25, 0.3) is 5.56 Å². The minimum Gasteiger partial charge on any atom is -0.477 e. The van der Waals surface area contributed by atoms with Crippen molar-refractivity contribution in [1.29, 1.82) is 0 Å². The van der Waals surface area contributed by atoms with Crippen LogP contribution in [0, 0.1) is 6.92 Å². The number of esters is 1. The van der Waals surface area contributed by atoms with Crippen molar-refractivity contribution < 1.29 is 19.4 Å². The molecule has 2 rings (SSSR count). The van der Waals surface area contributed by atoms with Gasteiger partial charge >= 0.3 is 11.9 Å². The third-order valence-electron chi connectivity index (χ3n) is 2.74. The van der Waals surface area contributed by atoms with Crippen LogP contribution in [0.2, 0.25) is 0 Å². The Labute approximate surface area is 123 Å². The number of carboxylic acids is 1. The number of rotatable bonds is 5. The second kappa shape index (κ2) is 5.92. The predicted molar refractivity (Wildman–Crippen MR) is 76.4 cm³/mol. The Balaban J connectivity index is 2.38. The summed E-state index contributed by atoms with van der Waals surface area (Å²) in [6.07, 6.45) is 1.21. The summed E-state index contributed by atoms with van der Waals surface area (Å²) in [5.41, 5.74) is 2.49. The molecule has 8 nitrogen and oxygen atoms in total. The van der Waals surface area contributed by atoms with E-state index in [1.54, 1.807) is 13.8 Å². The fourth-order valence-electron chi connectivity index (χ4n) is 1.80. The molecule has 2 N–H and O–H groups in total. The zero-order chi connectivity index (χ0) is 15.6. The van der Waals surface area contributed by atoms with Crippen LogP contribution in [-0.4, -0.2) is 39.9 Å². The summed E-state index contributed by atoms with van der Waals surface area (Å²) < 4.78 is 5.78. The Morgan fingerprint density at radius 3 is 2.86 bits per heavy atom. The molecule has 0 unspecified atom stereocenters. The largest absolute Gasteiger partial charge is 0.477 e. The first-order valence-electron chi connectivity index (χ1n) is 6.09. The maximum atomic E-state index is 12.3. The van der Waals surface area contributed by atoms with Gasteiger partial charge in [0.2, 0.25) is 0 Å². The molecule has 0 radical (unpaired) electrons. The summed E-state index contributed by atoms with van der Waals surface area (Å²) >= 11 is 0.944. The van der Waals surface area contributed by atoms with Crippen LogP contribution in [0.5, 0.6) is 0 Å². The van der Waals surface area contributed by atoms with E-state index in [0.717, 1.165) is 16.0 Å². The lowest BCUT2D eigenvalue weighted by Crippen LogP contribution is -2.33.